The molecule has 0 radical (unpaired) electrons. The maximum Gasteiger partial charge on any atom is 0.223 e. The number of amides is 1. The molecule has 0 unspecified atom stereocenters. The fourth-order valence-electron chi connectivity index (χ4n) is 2.34. The van der Waals surface area contributed by atoms with Gasteiger partial charge in [0.15, 0.2) is 0 Å². The van der Waals surface area contributed by atoms with Crippen molar-refractivity contribution in [1.29, 1.82) is 0 Å². The number of carbonyl (C=O) groups excluding carboxylic acids is 1. The SMILES string of the molecule is COc1ccccc1CN(Cc1cccs1)C(=O)CC(C)C. The quantitative estimate of drug-likeness (QED) is 0.760. The van der Waals surface area contributed by atoms with Gasteiger partial charge in [-0.2, -0.15) is 0 Å². The van der Waals surface area contributed by atoms with Crippen LogP contribution in [0.1, 0.15) is 30.7 Å². The van der Waals surface area contributed by atoms with Crippen LogP contribution in [0.25, 0.3) is 0 Å². The average Bonchev–Trinajstić information content (AvgIpc) is 2.99. The summed E-state index contributed by atoms with van der Waals surface area (Å²) in [6.07, 6.45) is 0.570. The molecule has 0 N–H and O–H groups in total. The number of benzene rings is 1. The summed E-state index contributed by atoms with van der Waals surface area (Å²) in [7, 11) is 1.67. The number of para-hydroxylation sites is 1. The molecule has 3 nitrogen and oxygen atoms in total. The van der Waals surface area contributed by atoms with Gasteiger partial charge in [0, 0.05) is 23.4 Å². The van der Waals surface area contributed by atoms with Gasteiger partial charge in [-0.3, -0.25) is 4.79 Å². The van der Waals surface area contributed by atoms with E-state index in [9.17, 15) is 4.79 Å². The van der Waals surface area contributed by atoms with Crippen molar-refractivity contribution in [3.63, 3.8) is 0 Å². The van der Waals surface area contributed by atoms with Gasteiger partial charge in [-0.1, -0.05) is 38.1 Å². The van der Waals surface area contributed by atoms with Crippen molar-refractivity contribution in [1.82, 2.24) is 4.90 Å². The highest BCUT2D eigenvalue weighted by Gasteiger charge is 2.17. The van der Waals surface area contributed by atoms with E-state index in [2.05, 4.69) is 19.9 Å². The van der Waals surface area contributed by atoms with Crippen molar-refractivity contribution in [3.8, 4) is 5.75 Å². The van der Waals surface area contributed by atoms with Crippen molar-refractivity contribution >= 4 is 17.2 Å². The molecule has 2 rings (SSSR count). The Balaban J connectivity index is 2.17. The van der Waals surface area contributed by atoms with Gasteiger partial charge >= 0.3 is 0 Å². The zero-order chi connectivity index (χ0) is 15.9. The molecule has 1 aromatic carbocycles. The first-order valence-corrected chi connectivity index (χ1v) is 8.40. The van der Waals surface area contributed by atoms with E-state index in [1.54, 1.807) is 18.4 Å². The number of ether oxygens (including phenoxy) is 1. The summed E-state index contributed by atoms with van der Waals surface area (Å²) in [6, 6.07) is 12.0. The third-order valence-electron chi connectivity index (χ3n) is 3.42. The number of rotatable bonds is 7. The predicted molar refractivity (Wildman–Crippen MR) is 91.0 cm³/mol. The smallest absolute Gasteiger partial charge is 0.223 e. The summed E-state index contributed by atoms with van der Waals surface area (Å²) in [5, 5.41) is 2.05. The summed E-state index contributed by atoms with van der Waals surface area (Å²) in [5.74, 6) is 1.38. The summed E-state index contributed by atoms with van der Waals surface area (Å²) in [4.78, 5) is 15.7. The summed E-state index contributed by atoms with van der Waals surface area (Å²) in [5.41, 5.74) is 1.04. The molecule has 0 saturated heterocycles. The second-order valence-corrected chi connectivity index (χ2v) is 6.77. The van der Waals surface area contributed by atoms with Crippen LogP contribution in [0.4, 0.5) is 0 Å². The molecule has 0 aliphatic carbocycles. The lowest BCUT2D eigenvalue weighted by Gasteiger charge is -2.24. The second-order valence-electron chi connectivity index (χ2n) is 5.74. The fourth-order valence-corrected chi connectivity index (χ4v) is 3.06. The Morgan fingerprint density at radius 1 is 1.18 bits per heavy atom. The number of thiophene rings is 1. The highest BCUT2D eigenvalue weighted by molar-refractivity contribution is 7.09. The van der Waals surface area contributed by atoms with Crippen LogP contribution in [-0.2, 0) is 17.9 Å². The fraction of sp³-hybridized carbons (Fsp3) is 0.389. The summed E-state index contributed by atoms with van der Waals surface area (Å²) < 4.78 is 5.41. The molecule has 0 bridgehead atoms. The number of hydrogen-bond donors (Lipinski definition) is 0. The molecule has 1 amide bonds. The molecule has 22 heavy (non-hydrogen) atoms. The van der Waals surface area contributed by atoms with Crippen LogP contribution in [0.15, 0.2) is 41.8 Å². The minimum atomic E-state index is 0.189. The van der Waals surface area contributed by atoms with Crippen LogP contribution in [0, 0.1) is 5.92 Å². The second kappa shape index (κ2) is 7.99. The third-order valence-corrected chi connectivity index (χ3v) is 4.28. The monoisotopic (exact) mass is 317 g/mol. The molecule has 0 saturated carbocycles. The van der Waals surface area contributed by atoms with Crippen molar-refractivity contribution in [3.05, 3.63) is 52.2 Å². The molecular formula is C18H23NO2S. The lowest BCUT2D eigenvalue weighted by molar-refractivity contribution is -0.133. The molecular weight excluding hydrogens is 294 g/mol. The first kappa shape index (κ1) is 16.6. The Kier molecular flexibility index (Phi) is 6.01. The van der Waals surface area contributed by atoms with E-state index in [-0.39, 0.29) is 5.91 Å². The van der Waals surface area contributed by atoms with Crippen LogP contribution < -0.4 is 4.74 Å². The molecule has 2 aromatic rings. The first-order valence-electron chi connectivity index (χ1n) is 7.52. The highest BCUT2D eigenvalue weighted by atomic mass is 32.1. The average molecular weight is 317 g/mol. The number of hydrogen-bond acceptors (Lipinski definition) is 3. The van der Waals surface area contributed by atoms with Gasteiger partial charge in [0.2, 0.25) is 5.91 Å². The van der Waals surface area contributed by atoms with Gasteiger partial charge in [-0.05, 0) is 23.4 Å². The molecule has 118 valence electrons. The van der Waals surface area contributed by atoms with Gasteiger partial charge in [-0.15, -0.1) is 11.3 Å². The highest BCUT2D eigenvalue weighted by Crippen LogP contribution is 2.22. The minimum Gasteiger partial charge on any atom is -0.496 e. The Morgan fingerprint density at radius 3 is 2.59 bits per heavy atom. The van der Waals surface area contributed by atoms with E-state index in [1.807, 2.05) is 40.6 Å². The molecule has 0 spiro atoms. The molecule has 0 atom stereocenters. The maximum absolute atomic E-state index is 12.6. The van der Waals surface area contributed by atoms with E-state index in [0.29, 0.717) is 25.4 Å². The minimum absolute atomic E-state index is 0.189. The number of methoxy groups -OCH3 is 1. The maximum atomic E-state index is 12.6. The van der Waals surface area contributed by atoms with Gasteiger partial charge in [0.05, 0.1) is 13.7 Å². The Bertz CT molecular complexity index is 593. The van der Waals surface area contributed by atoms with Crippen molar-refractivity contribution in [2.24, 2.45) is 5.92 Å². The first-order chi connectivity index (χ1) is 10.6. The zero-order valence-electron chi connectivity index (χ0n) is 13.4. The van der Waals surface area contributed by atoms with E-state index >= 15 is 0 Å². The molecule has 4 heteroatoms. The van der Waals surface area contributed by atoms with E-state index in [1.165, 1.54) is 4.88 Å². The van der Waals surface area contributed by atoms with Gasteiger partial charge < -0.3 is 9.64 Å². The molecule has 1 heterocycles. The predicted octanol–water partition coefficient (Wildman–Crippen LogP) is 4.33. The molecule has 0 aliphatic rings. The lowest BCUT2D eigenvalue weighted by atomic mass is 10.1. The largest absolute Gasteiger partial charge is 0.496 e. The Morgan fingerprint density at radius 2 is 1.95 bits per heavy atom. The van der Waals surface area contributed by atoms with Crippen molar-refractivity contribution in [2.75, 3.05) is 7.11 Å². The topological polar surface area (TPSA) is 29.5 Å². The van der Waals surface area contributed by atoms with Crippen LogP contribution in [0.3, 0.4) is 0 Å². The van der Waals surface area contributed by atoms with Gasteiger partial charge in [0.25, 0.3) is 0 Å². The van der Waals surface area contributed by atoms with Crippen LogP contribution >= 0.6 is 11.3 Å². The van der Waals surface area contributed by atoms with E-state index in [0.717, 1.165) is 11.3 Å². The lowest BCUT2D eigenvalue weighted by Crippen LogP contribution is -2.30. The number of nitrogens with zero attached hydrogens (tertiary/aromatic N) is 1. The Labute approximate surface area is 136 Å². The molecule has 0 fully saturated rings. The van der Waals surface area contributed by atoms with E-state index < -0.39 is 0 Å². The van der Waals surface area contributed by atoms with Crippen molar-refractivity contribution in [2.45, 2.75) is 33.4 Å². The zero-order valence-corrected chi connectivity index (χ0v) is 14.2. The van der Waals surface area contributed by atoms with Crippen LogP contribution in [-0.4, -0.2) is 17.9 Å². The molecule has 1 aromatic heterocycles. The van der Waals surface area contributed by atoms with Gasteiger partial charge in [-0.25, -0.2) is 0 Å². The summed E-state index contributed by atoms with van der Waals surface area (Å²) >= 11 is 1.68. The normalized spacial score (nSPS) is 10.7. The number of carbonyl (C=O) groups is 1. The van der Waals surface area contributed by atoms with Crippen LogP contribution in [0.5, 0.6) is 5.75 Å². The summed E-state index contributed by atoms with van der Waals surface area (Å²) in [6.45, 7) is 5.38. The standard InChI is InChI=1S/C18H23NO2S/c1-14(2)11-18(20)19(13-16-8-6-10-22-16)12-15-7-4-5-9-17(15)21-3/h4-10,14H,11-13H2,1-3H3. The van der Waals surface area contributed by atoms with Gasteiger partial charge in [0.1, 0.15) is 5.75 Å². The van der Waals surface area contributed by atoms with Crippen molar-refractivity contribution < 1.29 is 9.53 Å². The van der Waals surface area contributed by atoms with Crippen LogP contribution in [0.2, 0.25) is 0 Å². The Hall–Kier alpha value is -1.81. The van der Waals surface area contributed by atoms with E-state index in [4.69, 9.17) is 4.74 Å². The molecule has 0 aliphatic heterocycles. The third kappa shape index (κ3) is 4.60.